The SMILES string of the molecule is O[C@@H]1C[C@H]2CN(c3ncnc4ccsc34)C[C@H]2C[C@H]1N1CCCC1. The Morgan fingerprint density at radius 2 is 1.88 bits per heavy atom. The maximum Gasteiger partial charge on any atom is 0.150 e. The van der Waals surface area contributed by atoms with Crippen molar-refractivity contribution < 1.29 is 5.11 Å². The molecule has 0 spiro atoms. The average Bonchev–Trinajstić information content (AvgIpc) is 3.32. The molecule has 2 aromatic heterocycles. The number of nitrogens with zero attached hydrogens (tertiary/aromatic N) is 4. The summed E-state index contributed by atoms with van der Waals surface area (Å²) < 4.78 is 1.20. The summed E-state index contributed by atoms with van der Waals surface area (Å²) in [7, 11) is 0. The molecule has 1 aliphatic carbocycles. The van der Waals surface area contributed by atoms with Gasteiger partial charge in [-0.25, -0.2) is 9.97 Å². The van der Waals surface area contributed by atoms with Crippen LogP contribution in [0.5, 0.6) is 0 Å². The molecule has 3 fully saturated rings. The van der Waals surface area contributed by atoms with Crippen LogP contribution in [0.1, 0.15) is 25.7 Å². The molecule has 128 valence electrons. The van der Waals surface area contributed by atoms with E-state index >= 15 is 0 Å². The second-order valence-electron chi connectivity index (χ2n) is 7.61. The van der Waals surface area contributed by atoms with Gasteiger partial charge in [-0.3, -0.25) is 4.90 Å². The lowest BCUT2D eigenvalue weighted by Gasteiger charge is -2.40. The number of hydrogen-bond acceptors (Lipinski definition) is 6. The van der Waals surface area contributed by atoms with E-state index < -0.39 is 0 Å². The summed E-state index contributed by atoms with van der Waals surface area (Å²) in [6.07, 6.45) is 6.20. The zero-order valence-corrected chi connectivity index (χ0v) is 14.7. The van der Waals surface area contributed by atoms with Crippen LogP contribution in [0, 0.1) is 11.8 Å². The minimum Gasteiger partial charge on any atom is -0.391 e. The van der Waals surface area contributed by atoms with E-state index in [1.54, 1.807) is 17.7 Å². The molecule has 0 amide bonds. The molecule has 1 N–H and O–H groups in total. The second kappa shape index (κ2) is 5.93. The van der Waals surface area contributed by atoms with Gasteiger partial charge in [-0.1, -0.05) is 0 Å². The maximum atomic E-state index is 10.7. The first-order valence-electron chi connectivity index (χ1n) is 9.15. The normalized spacial score (nSPS) is 34.1. The van der Waals surface area contributed by atoms with E-state index in [0.717, 1.165) is 37.3 Å². The summed E-state index contributed by atoms with van der Waals surface area (Å²) in [5.41, 5.74) is 1.05. The van der Waals surface area contributed by atoms with Gasteiger partial charge in [0.2, 0.25) is 0 Å². The van der Waals surface area contributed by atoms with Crippen molar-refractivity contribution in [2.75, 3.05) is 31.1 Å². The Hall–Kier alpha value is -1.24. The van der Waals surface area contributed by atoms with E-state index in [4.69, 9.17) is 0 Å². The number of fused-ring (bicyclic) bond motifs is 2. The molecule has 5 rings (SSSR count). The van der Waals surface area contributed by atoms with E-state index in [1.165, 1.54) is 30.6 Å². The Labute approximate surface area is 146 Å². The van der Waals surface area contributed by atoms with E-state index in [-0.39, 0.29) is 6.10 Å². The fraction of sp³-hybridized carbons (Fsp3) is 0.667. The van der Waals surface area contributed by atoms with Gasteiger partial charge < -0.3 is 10.0 Å². The van der Waals surface area contributed by atoms with Crippen LogP contribution in [0.25, 0.3) is 10.2 Å². The highest BCUT2D eigenvalue weighted by Crippen LogP contribution is 2.41. The number of hydrogen-bond donors (Lipinski definition) is 1. The van der Waals surface area contributed by atoms with Crippen LogP contribution in [0.4, 0.5) is 5.82 Å². The monoisotopic (exact) mass is 344 g/mol. The van der Waals surface area contributed by atoms with Crippen LogP contribution in [0.15, 0.2) is 17.8 Å². The van der Waals surface area contributed by atoms with Gasteiger partial charge in [-0.15, -0.1) is 11.3 Å². The molecule has 0 aromatic carbocycles. The molecule has 3 aliphatic rings. The minimum absolute atomic E-state index is 0.156. The van der Waals surface area contributed by atoms with Crippen molar-refractivity contribution in [3.63, 3.8) is 0 Å². The first kappa shape index (κ1) is 15.0. The summed E-state index contributed by atoms with van der Waals surface area (Å²) in [5.74, 6) is 2.38. The van der Waals surface area contributed by atoms with Crippen molar-refractivity contribution in [1.82, 2.24) is 14.9 Å². The maximum absolute atomic E-state index is 10.7. The Morgan fingerprint density at radius 1 is 1.08 bits per heavy atom. The van der Waals surface area contributed by atoms with Crippen molar-refractivity contribution in [2.24, 2.45) is 11.8 Å². The molecule has 0 unspecified atom stereocenters. The molecule has 2 aromatic rings. The lowest BCUT2D eigenvalue weighted by Crippen LogP contribution is -2.48. The number of thiophene rings is 1. The minimum atomic E-state index is -0.156. The molecule has 5 nitrogen and oxygen atoms in total. The number of rotatable bonds is 2. The highest BCUT2D eigenvalue weighted by molar-refractivity contribution is 7.17. The number of anilines is 1. The van der Waals surface area contributed by atoms with Crippen molar-refractivity contribution in [2.45, 2.75) is 37.8 Å². The highest BCUT2D eigenvalue weighted by atomic mass is 32.1. The summed E-state index contributed by atoms with van der Waals surface area (Å²) in [4.78, 5) is 13.9. The second-order valence-corrected chi connectivity index (χ2v) is 8.52. The number of aliphatic hydroxyl groups is 1. The molecule has 1 saturated carbocycles. The van der Waals surface area contributed by atoms with Gasteiger partial charge in [-0.2, -0.15) is 0 Å². The molecule has 4 atom stereocenters. The van der Waals surface area contributed by atoms with Gasteiger partial charge >= 0.3 is 0 Å². The summed E-state index contributed by atoms with van der Waals surface area (Å²) in [6.45, 7) is 4.44. The predicted molar refractivity (Wildman–Crippen MR) is 96.4 cm³/mol. The zero-order valence-electron chi connectivity index (χ0n) is 13.8. The smallest absolute Gasteiger partial charge is 0.150 e. The molecule has 2 aliphatic heterocycles. The Morgan fingerprint density at radius 3 is 2.71 bits per heavy atom. The summed E-state index contributed by atoms with van der Waals surface area (Å²) >= 11 is 1.73. The number of aliphatic hydroxyl groups excluding tert-OH is 1. The summed E-state index contributed by atoms with van der Waals surface area (Å²) in [5, 5.41) is 12.8. The molecule has 6 heteroatoms. The Balaban J connectivity index is 1.37. The number of likely N-dealkylation sites (tertiary alicyclic amines) is 1. The first-order chi connectivity index (χ1) is 11.8. The molecule has 0 bridgehead atoms. The van der Waals surface area contributed by atoms with Gasteiger partial charge in [0.25, 0.3) is 0 Å². The van der Waals surface area contributed by atoms with Gasteiger partial charge in [0, 0.05) is 19.1 Å². The predicted octanol–water partition coefficient (Wildman–Crippen LogP) is 2.36. The van der Waals surface area contributed by atoms with Crippen LogP contribution >= 0.6 is 11.3 Å². The van der Waals surface area contributed by atoms with Crippen molar-refractivity contribution in [3.05, 3.63) is 17.8 Å². The Kier molecular flexibility index (Phi) is 3.72. The number of aromatic nitrogens is 2. The molecule has 0 radical (unpaired) electrons. The third-order valence-electron chi connectivity index (χ3n) is 6.24. The van der Waals surface area contributed by atoms with Crippen LogP contribution in [0.2, 0.25) is 0 Å². The highest BCUT2D eigenvalue weighted by Gasteiger charge is 2.44. The van der Waals surface area contributed by atoms with Crippen LogP contribution < -0.4 is 4.90 Å². The van der Waals surface area contributed by atoms with Crippen molar-refractivity contribution in [1.29, 1.82) is 0 Å². The van der Waals surface area contributed by atoms with Gasteiger partial charge in [0.15, 0.2) is 0 Å². The van der Waals surface area contributed by atoms with E-state index in [0.29, 0.717) is 17.9 Å². The topological polar surface area (TPSA) is 52.5 Å². The zero-order chi connectivity index (χ0) is 16.1. The van der Waals surface area contributed by atoms with Crippen molar-refractivity contribution >= 4 is 27.4 Å². The largest absolute Gasteiger partial charge is 0.391 e. The average molecular weight is 344 g/mol. The van der Waals surface area contributed by atoms with Crippen molar-refractivity contribution in [3.8, 4) is 0 Å². The van der Waals surface area contributed by atoms with Gasteiger partial charge in [0.05, 0.1) is 16.3 Å². The molecular weight excluding hydrogens is 320 g/mol. The lowest BCUT2D eigenvalue weighted by molar-refractivity contribution is -0.000854. The molecular formula is C18H24N4OS. The third kappa shape index (κ3) is 2.43. The van der Waals surface area contributed by atoms with E-state index in [9.17, 15) is 5.11 Å². The quantitative estimate of drug-likeness (QED) is 0.906. The third-order valence-corrected chi connectivity index (χ3v) is 7.14. The molecule has 4 heterocycles. The standard InChI is InChI=1S/C18H24N4OS/c23-16-8-13-10-22(18-17-14(3-6-24-17)19-11-20-18)9-12(13)7-15(16)21-4-1-2-5-21/h3,6,11-13,15-16,23H,1-2,4-5,7-10H2/t12-,13+,15-,16-/m1/s1. The summed E-state index contributed by atoms with van der Waals surface area (Å²) in [6, 6.07) is 2.45. The van der Waals surface area contributed by atoms with E-state index in [2.05, 4.69) is 31.2 Å². The lowest BCUT2D eigenvalue weighted by atomic mass is 9.77. The fourth-order valence-corrected chi connectivity index (χ4v) is 5.91. The molecule has 24 heavy (non-hydrogen) atoms. The fourth-order valence-electron chi connectivity index (χ4n) is 5.05. The molecule has 2 saturated heterocycles. The van der Waals surface area contributed by atoms with Crippen LogP contribution in [-0.2, 0) is 0 Å². The first-order valence-corrected chi connectivity index (χ1v) is 10.0. The van der Waals surface area contributed by atoms with Gasteiger partial charge in [-0.05, 0) is 62.1 Å². The van der Waals surface area contributed by atoms with Gasteiger partial charge in [0.1, 0.15) is 12.1 Å². The van der Waals surface area contributed by atoms with Crippen LogP contribution in [0.3, 0.4) is 0 Å². The van der Waals surface area contributed by atoms with E-state index in [1.807, 2.05) is 0 Å². The van der Waals surface area contributed by atoms with Crippen LogP contribution in [-0.4, -0.2) is 58.3 Å². The Bertz CT molecular complexity index is 729.